The summed E-state index contributed by atoms with van der Waals surface area (Å²) in [4.78, 5) is 42.0. The summed E-state index contributed by atoms with van der Waals surface area (Å²) in [6.45, 7) is 1.97. The molecule has 0 radical (unpaired) electrons. The molecule has 2 N–H and O–H groups in total. The minimum atomic E-state index is -0.581. The molecule has 0 bridgehead atoms. The highest BCUT2D eigenvalue weighted by molar-refractivity contribution is 9.10. The summed E-state index contributed by atoms with van der Waals surface area (Å²) < 4.78 is 3.75. The number of benzene rings is 2. The van der Waals surface area contributed by atoms with Crippen molar-refractivity contribution in [3.63, 3.8) is 0 Å². The van der Waals surface area contributed by atoms with Gasteiger partial charge >= 0.3 is 5.69 Å². The van der Waals surface area contributed by atoms with Gasteiger partial charge in [-0.05, 0) is 24.6 Å². The molecular weight excluding hydrogens is 494 g/mol. The van der Waals surface area contributed by atoms with Crippen molar-refractivity contribution < 1.29 is 4.92 Å². The number of imidazole rings is 1. The van der Waals surface area contributed by atoms with Gasteiger partial charge < -0.3 is 0 Å². The second-order valence-corrected chi connectivity index (χ2v) is 8.17. The molecule has 0 saturated carbocycles. The second kappa shape index (κ2) is 8.82. The van der Waals surface area contributed by atoms with Crippen LogP contribution in [0.4, 0.5) is 11.6 Å². The van der Waals surface area contributed by atoms with Crippen LogP contribution < -0.4 is 16.7 Å². The molecule has 12 heteroatoms. The molecule has 2 aromatic carbocycles. The molecule has 168 valence electrons. The number of non-ortho nitro benzene ring substituents is 1. The zero-order valence-corrected chi connectivity index (χ0v) is 19.2. The van der Waals surface area contributed by atoms with E-state index in [2.05, 4.69) is 36.4 Å². The lowest BCUT2D eigenvalue weighted by atomic mass is 10.1. The first-order valence-corrected chi connectivity index (χ1v) is 10.5. The number of nitrogens with one attached hydrogen (secondary N) is 2. The molecule has 0 fully saturated rings. The quantitative estimate of drug-likeness (QED) is 0.231. The van der Waals surface area contributed by atoms with Crippen LogP contribution in [0.15, 0.2) is 67.7 Å². The lowest BCUT2D eigenvalue weighted by molar-refractivity contribution is -0.384. The van der Waals surface area contributed by atoms with Crippen molar-refractivity contribution in [2.75, 3.05) is 5.43 Å². The predicted molar refractivity (Wildman–Crippen MR) is 128 cm³/mol. The molecule has 0 spiro atoms. The van der Waals surface area contributed by atoms with Crippen molar-refractivity contribution in [3.8, 4) is 0 Å². The Morgan fingerprint density at radius 3 is 2.73 bits per heavy atom. The normalized spacial score (nSPS) is 11.7. The van der Waals surface area contributed by atoms with Gasteiger partial charge in [-0.25, -0.2) is 10.2 Å². The van der Waals surface area contributed by atoms with Crippen molar-refractivity contribution in [2.45, 2.75) is 13.5 Å². The Bertz CT molecular complexity index is 1530. The number of hydrogen-bond donors (Lipinski definition) is 2. The summed E-state index contributed by atoms with van der Waals surface area (Å²) in [5.41, 5.74) is 3.98. The van der Waals surface area contributed by atoms with Gasteiger partial charge in [0.15, 0.2) is 11.2 Å². The van der Waals surface area contributed by atoms with Gasteiger partial charge in [0.2, 0.25) is 5.95 Å². The van der Waals surface area contributed by atoms with Crippen molar-refractivity contribution >= 4 is 44.4 Å². The summed E-state index contributed by atoms with van der Waals surface area (Å²) in [5, 5.41) is 15.4. The van der Waals surface area contributed by atoms with E-state index in [9.17, 15) is 19.7 Å². The number of nitro groups is 1. The van der Waals surface area contributed by atoms with E-state index in [1.165, 1.54) is 23.7 Å². The fourth-order valence-corrected chi connectivity index (χ4v) is 3.78. The maximum Gasteiger partial charge on any atom is 0.329 e. The van der Waals surface area contributed by atoms with E-state index in [4.69, 9.17) is 0 Å². The molecule has 0 aliphatic rings. The first-order valence-electron chi connectivity index (χ1n) is 9.73. The van der Waals surface area contributed by atoms with Crippen molar-refractivity contribution in [3.05, 3.63) is 95.1 Å². The van der Waals surface area contributed by atoms with Gasteiger partial charge in [-0.1, -0.05) is 40.2 Å². The summed E-state index contributed by atoms with van der Waals surface area (Å²) in [5.74, 6) is 0.237. The molecule has 0 unspecified atom stereocenters. The average molecular weight is 512 g/mol. The van der Waals surface area contributed by atoms with Gasteiger partial charge in [0, 0.05) is 29.2 Å². The zero-order valence-electron chi connectivity index (χ0n) is 17.6. The molecule has 0 atom stereocenters. The third kappa shape index (κ3) is 4.46. The molecule has 2 aromatic heterocycles. The second-order valence-electron chi connectivity index (χ2n) is 7.26. The zero-order chi connectivity index (χ0) is 23.7. The van der Waals surface area contributed by atoms with E-state index < -0.39 is 16.2 Å². The minimum Gasteiger partial charge on any atom is -0.298 e. The van der Waals surface area contributed by atoms with E-state index in [1.807, 2.05) is 24.3 Å². The highest BCUT2D eigenvalue weighted by Gasteiger charge is 2.18. The number of nitro benzene ring substituents is 1. The number of aryl methyl sites for hydroxylation is 1. The van der Waals surface area contributed by atoms with Gasteiger partial charge in [-0.15, -0.1) is 0 Å². The molecule has 0 aliphatic heterocycles. The number of rotatable bonds is 6. The van der Waals surface area contributed by atoms with E-state index >= 15 is 0 Å². The van der Waals surface area contributed by atoms with Crippen LogP contribution in [0.5, 0.6) is 0 Å². The number of H-pyrrole nitrogens is 1. The number of anilines is 1. The van der Waals surface area contributed by atoms with E-state index in [0.29, 0.717) is 11.3 Å². The van der Waals surface area contributed by atoms with E-state index in [0.717, 1.165) is 10.0 Å². The molecule has 33 heavy (non-hydrogen) atoms. The summed E-state index contributed by atoms with van der Waals surface area (Å²) in [6.07, 6.45) is 0. The smallest absolute Gasteiger partial charge is 0.298 e. The number of hydrogen-bond acceptors (Lipinski definition) is 7. The maximum absolute atomic E-state index is 12.6. The number of fused-ring (bicyclic) bond motifs is 1. The number of halogens is 1. The van der Waals surface area contributed by atoms with Crippen LogP contribution in [0, 0.1) is 10.1 Å². The molecule has 4 aromatic rings. The molecule has 4 rings (SSSR count). The summed E-state index contributed by atoms with van der Waals surface area (Å²) in [6, 6.07) is 13.6. The van der Waals surface area contributed by atoms with E-state index in [1.54, 1.807) is 23.6 Å². The molecule has 0 saturated heterocycles. The number of aromatic amines is 1. The van der Waals surface area contributed by atoms with Gasteiger partial charge in [0.1, 0.15) is 0 Å². The minimum absolute atomic E-state index is 0.0505. The number of hydrazone groups is 1. The Morgan fingerprint density at radius 2 is 2.00 bits per heavy atom. The van der Waals surface area contributed by atoms with Crippen LogP contribution in [-0.2, 0) is 13.6 Å². The average Bonchev–Trinajstić information content (AvgIpc) is 3.14. The largest absolute Gasteiger partial charge is 0.329 e. The Morgan fingerprint density at radius 1 is 1.24 bits per heavy atom. The summed E-state index contributed by atoms with van der Waals surface area (Å²) in [7, 11) is 1.51. The molecular formula is C21H18BrN7O4. The van der Waals surface area contributed by atoms with Crippen molar-refractivity contribution in [1.82, 2.24) is 19.1 Å². The Kier molecular flexibility index (Phi) is 5.92. The van der Waals surface area contributed by atoms with Gasteiger partial charge in [-0.2, -0.15) is 10.1 Å². The molecule has 2 heterocycles. The SMILES string of the molecule is C/C(=N/Nc1nc2c(c(=O)[nH]c(=O)n2C)n1Cc1cccc(Br)c1)c1cccc([N+](=O)[O-])c1. The maximum atomic E-state index is 12.6. The molecule has 11 nitrogen and oxygen atoms in total. The highest BCUT2D eigenvalue weighted by Crippen LogP contribution is 2.20. The van der Waals surface area contributed by atoms with E-state index in [-0.39, 0.29) is 29.3 Å². The Balaban J connectivity index is 1.80. The van der Waals surface area contributed by atoms with Crippen molar-refractivity contribution in [2.24, 2.45) is 12.1 Å². The predicted octanol–water partition coefficient (Wildman–Crippen LogP) is 2.98. The van der Waals surface area contributed by atoms with Gasteiger partial charge in [-0.3, -0.25) is 29.0 Å². The fraction of sp³-hybridized carbons (Fsp3) is 0.143. The lowest BCUT2D eigenvalue weighted by Crippen LogP contribution is -2.29. The third-order valence-electron chi connectivity index (χ3n) is 5.04. The highest BCUT2D eigenvalue weighted by atomic mass is 79.9. The Labute approximate surface area is 194 Å². The van der Waals surface area contributed by atoms with Crippen LogP contribution in [0.3, 0.4) is 0 Å². The van der Waals surface area contributed by atoms with Crippen LogP contribution in [0.2, 0.25) is 0 Å². The Hall–Kier alpha value is -4.06. The standard InChI is InChI=1S/C21H18BrN7O4/c1-12(14-6-4-8-16(10-14)29(32)33)25-26-20-23-18-17(19(30)24-21(31)27(18)2)28(20)11-13-5-3-7-15(22)9-13/h3-10H,11H2,1-2H3,(H,23,26)(H,24,30,31)/b25-12-. The van der Waals surface area contributed by atoms with Crippen LogP contribution in [0.25, 0.3) is 11.2 Å². The number of aromatic nitrogens is 4. The van der Waals surface area contributed by atoms with Crippen LogP contribution >= 0.6 is 15.9 Å². The lowest BCUT2D eigenvalue weighted by Gasteiger charge is -2.09. The molecule has 0 amide bonds. The van der Waals surface area contributed by atoms with Gasteiger partial charge in [0.25, 0.3) is 11.2 Å². The van der Waals surface area contributed by atoms with Crippen LogP contribution in [-0.4, -0.2) is 29.7 Å². The number of nitrogens with zero attached hydrogens (tertiary/aromatic N) is 5. The van der Waals surface area contributed by atoms with Crippen molar-refractivity contribution in [1.29, 1.82) is 0 Å². The fourth-order valence-electron chi connectivity index (χ4n) is 3.33. The topological polar surface area (TPSA) is 140 Å². The van der Waals surface area contributed by atoms with Crippen LogP contribution in [0.1, 0.15) is 18.1 Å². The monoisotopic (exact) mass is 511 g/mol. The summed E-state index contributed by atoms with van der Waals surface area (Å²) >= 11 is 3.44. The first kappa shape index (κ1) is 22.1. The van der Waals surface area contributed by atoms with Gasteiger partial charge in [0.05, 0.1) is 17.2 Å². The first-order chi connectivity index (χ1) is 15.7. The molecule has 0 aliphatic carbocycles. The third-order valence-corrected chi connectivity index (χ3v) is 5.53.